The van der Waals surface area contributed by atoms with E-state index >= 15 is 0 Å². The normalized spacial score (nSPS) is 13.4. The van der Waals surface area contributed by atoms with Crippen molar-refractivity contribution in [3.05, 3.63) is 83.9 Å². The van der Waals surface area contributed by atoms with Gasteiger partial charge in [0.1, 0.15) is 0 Å². The van der Waals surface area contributed by atoms with Gasteiger partial charge in [-0.15, -0.1) is 0 Å². The zero-order chi connectivity index (χ0) is 24.3. The summed E-state index contributed by atoms with van der Waals surface area (Å²) >= 11 is 0. The summed E-state index contributed by atoms with van der Waals surface area (Å²) in [7, 11) is -1.87. The van der Waals surface area contributed by atoms with Crippen LogP contribution in [0.3, 0.4) is 0 Å². The Hall–Kier alpha value is -2.25. The number of benzene rings is 2. The number of ether oxygens (including phenoxy) is 1. The topological polar surface area (TPSA) is 48.0 Å². The van der Waals surface area contributed by atoms with Gasteiger partial charge in [0.2, 0.25) is 0 Å². The van der Waals surface area contributed by atoms with Crippen molar-refractivity contribution in [2.24, 2.45) is 0 Å². The average molecular weight is 470 g/mol. The Bertz CT molecular complexity index is 821. The van der Waals surface area contributed by atoms with Crippen molar-refractivity contribution >= 4 is 14.3 Å². The SMILES string of the molecule is CCOC(=O)[C@H](/C=C/CO[Si](C)(C)C(C)(C)C)ON(Cc1ccccc1)Cc1ccccc1. The first-order chi connectivity index (χ1) is 15.6. The van der Waals surface area contributed by atoms with E-state index in [-0.39, 0.29) is 5.04 Å². The smallest absolute Gasteiger partial charge is 0.341 e. The van der Waals surface area contributed by atoms with Gasteiger partial charge < -0.3 is 9.16 Å². The molecule has 0 heterocycles. The maximum atomic E-state index is 12.7. The van der Waals surface area contributed by atoms with Crippen LogP contribution in [0.2, 0.25) is 18.1 Å². The van der Waals surface area contributed by atoms with E-state index in [0.717, 1.165) is 11.1 Å². The molecule has 0 bridgehead atoms. The van der Waals surface area contributed by atoms with Crippen molar-refractivity contribution < 1.29 is 18.8 Å². The molecule has 6 heteroatoms. The average Bonchev–Trinajstić information content (AvgIpc) is 2.76. The second-order valence-corrected chi connectivity index (χ2v) is 14.4. The molecule has 0 aliphatic carbocycles. The van der Waals surface area contributed by atoms with Crippen LogP contribution in [0.25, 0.3) is 0 Å². The summed E-state index contributed by atoms with van der Waals surface area (Å²) < 4.78 is 11.5. The molecule has 5 nitrogen and oxygen atoms in total. The molecule has 0 fully saturated rings. The molecule has 33 heavy (non-hydrogen) atoms. The third-order valence-corrected chi connectivity index (χ3v) is 10.3. The number of rotatable bonds is 12. The summed E-state index contributed by atoms with van der Waals surface area (Å²) in [4.78, 5) is 18.9. The Balaban J connectivity index is 2.15. The van der Waals surface area contributed by atoms with Crippen LogP contribution in [0, 0.1) is 0 Å². The molecule has 0 unspecified atom stereocenters. The van der Waals surface area contributed by atoms with E-state index in [2.05, 4.69) is 33.9 Å². The minimum atomic E-state index is -1.87. The summed E-state index contributed by atoms with van der Waals surface area (Å²) in [5, 5.41) is 1.94. The van der Waals surface area contributed by atoms with Crippen LogP contribution in [0.1, 0.15) is 38.8 Å². The maximum Gasteiger partial charge on any atom is 0.341 e. The number of esters is 1. The summed E-state index contributed by atoms with van der Waals surface area (Å²) in [6.07, 6.45) is 2.76. The largest absolute Gasteiger partial charge is 0.464 e. The maximum absolute atomic E-state index is 12.7. The fraction of sp³-hybridized carbons (Fsp3) is 0.444. The highest BCUT2D eigenvalue weighted by Gasteiger charge is 2.36. The number of hydrogen-bond acceptors (Lipinski definition) is 5. The van der Waals surface area contributed by atoms with E-state index < -0.39 is 20.4 Å². The van der Waals surface area contributed by atoms with E-state index in [0.29, 0.717) is 26.3 Å². The first kappa shape index (κ1) is 27.0. The number of carbonyl (C=O) groups excluding carboxylic acids is 1. The minimum absolute atomic E-state index is 0.125. The van der Waals surface area contributed by atoms with Gasteiger partial charge in [-0.25, -0.2) is 4.79 Å². The Labute approximate surface area is 200 Å². The first-order valence-corrected chi connectivity index (χ1v) is 14.5. The van der Waals surface area contributed by atoms with Crippen molar-refractivity contribution in [1.82, 2.24) is 5.06 Å². The van der Waals surface area contributed by atoms with Gasteiger partial charge in [-0.3, -0.25) is 4.84 Å². The molecule has 0 N–H and O–H groups in total. The van der Waals surface area contributed by atoms with Crippen LogP contribution in [0.4, 0.5) is 0 Å². The van der Waals surface area contributed by atoms with Gasteiger partial charge in [-0.1, -0.05) is 87.5 Å². The van der Waals surface area contributed by atoms with Crippen LogP contribution in [-0.2, 0) is 31.9 Å². The van der Waals surface area contributed by atoms with Crippen LogP contribution in [-0.4, -0.2) is 38.7 Å². The van der Waals surface area contributed by atoms with Crippen molar-refractivity contribution in [2.75, 3.05) is 13.2 Å². The van der Waals surface area contributed by atoms with Crippen LogP contribution >= 0.6 is 0 Å². The molecule has 2 rings (SSSR count). The van der Waals surface area contributed by atoms with E-state index in [1.165, 1.54) is 0 Å². The van der Waals surface area contributed by atoms with E-state index in [4.69, 9.17) is 14.0 Å². The predicted octanol–water partition coefficient (Wildman–Crippen LogP) is 6.13. The Morgan fingerprint density at radius 2 is 1.48 bits per heavy atom. The molecule has 0 aliphatic rings. The van der Waals surface area contributed by atoms with E-state index in [9.17, 15) is 4.79 Å². The second-order valence-electron chi connectivity index (χ2n) is 9.55. The molecule has 0 radical (unpaired) electrons. The Morgan fingerprint density at radius 3 is 1.94 bits per heavy atom. The molecule has 0 amide bonds. The van der Waals surface area contributed by atoms with Gasteiger partial charge in [0.15, 0.2) is 14.4 Å². The highest BCUT2D eigenvalue weighted by Crippen LogP contribution is 2.36. The number of hydroxylamine groups is 2. The lowest BCUT2D eigenvalue weighted by molar-refractivity contribution is -0.212. The van der Waals surface area contributed by atoms with Crippen molar-refractivity contribution in [2.45, 2.75) is 65.0 Å². The predicted molar refractivity (Wildman–Crippen MR) is 136 cm³/mol. The van der Waals surface area contributed by atoms with Gasteiger partial charge in [-0.05, 0) is 42.3 Å². The van der Waals surface area contributed by atoms with E-state index in [1.54, 1.807) is 13.0 Å². The highest BCUT2D eigenvalue weighted by molar-refractivity contribution is 6.74. The zero-order valence-electron chi connectivity index (χ0n) is 20.9. The fourth-order valence-corrected chi connectivity index (χ4v) is 3.84. The molecule has 0 aromatic heterocycles. The van der Waals surface area contributed by atoms with Gasteiger partial charge in [0, 0.05) is 13.1 Å². The van der Waals surface area contributed by atoms with Gasteiger partial charge in [0.25, 0.3) is 0 Å². The number of hydrogen-bond donors (Lipinski definition) is 0. The molecule has 0 aliphatic heterocycles. The molecule has 0 saturated heterocycles. The van der Waals surface area contributed by atoms with E-state index in [1.807, 2.05) is 71.8 Å². The van der Waals surface area contributed by atoms with Gasteiger partial charge >= 0.3 is 5.97 Å². The van der Waals surface area contributed by atoms with Crippen LogP contribution < -0.4 is 0 Å². The third kappa shape index (κ3) is 9.25. The Kier molecular flexibility index (Phi) is 10.5. The summed E-state index contributed by atoms with van der Waals surface area (Å²) in [6, 6.07) is 20.1. The Morgan fingerprint density at radius 1 is 0.970 bits per heavy atom. The zero-order valence-corrected chi connectivity index (χ0v) is 21.9. The molecule has 0 spiro atoms. The standard InChI is InChI=1S/C27H39NO4Si/c1-7-30-26(29)25(19-14-20-31-33(5,6)27(2,3)4)32-28(21-23-15-10-8-11-16-23)22-24-17-12-9-13-18-24/h8-19,25H,7,20-22H2,1-6H3/b19-14+/t25-/m0/s1. The molecular formula is C27H39NO4Si. The second kappa shape index (κ2) is 12.8. The fourth-order valence-electron chi connectivity index (χ4n) is 2.90. The van der Waals surface area contributed by atoms with Crippen molar-refractivity contribution in [1.29, 1.82) is 0 Å². The monoisotopic (exact) mass is 469 g/mol. The van der Waals surface area contributed by atoms with Crippen LogP contribution in [0.5, 0.6) is 0 Å². The molecule has 2 aromatic rings. The third-order valence-electron chi connectivity index (χ3n) is 5.84. The highest BCUT2D eigenvalue weighted by atomic mass is 28.4. The summed E-state index contributed by atoms with van der Waals surface area (Å²) in [6.45, 7) is 14.7. The molecule has 2 aromatic carbocycles. The molecule has 1 atom stereocenters. The van der Waals surface area contributed by atoms with Crippen molar-refractivity contribution in [3.63, 3.8) is 0 Å². The quantitative estimate of drug-likeness (QED) is 0.162. The lowest BCUT2D eigenvalue weighted by Crippen LogP contribution is -2.40. The van der Waals surface area contributed by atoms with Crippen molar-refractivity contribution in [3.8, 4) is 0 Å². The molecule has 180 valence electrons. The van der Waals surface area contributed by atoms with Gasteiger partial charge in [-0.2, -0.15) is 5.06 Å². The number of nitrogens with zero attached hydrogens (tertiary/aromatic N) is 1. The van der Waals surface area contributed by atoms with Crippen LogP contribution in [0.15, 0.2) is 72.8 Å². The molecule has 0 saturated carbocycles. The minimum Gasteiger partial charge on any atom is -0.464 e. The summed E-state index contributed by atoms with van der Waals surface area (Å²) in [5.41, 5.74) is 2.20. The lowest BCUT2D eigenvalue weighted by atomic mass is 10.2. The summed E-state index contributed by atoms with van der Waals surface area (Å²) in [5.74, 6) is -0.410. The van der Waals surface area contributed by atoms with Gasteiger partial charge in [0.05, 0.1) is 13.2 Å². The molecular weight excluding hydrogens is 430 g/mol. The number of carbonyl (C=O) groups is 1. The lowest BCUT2D eigenvalue weighted by Gasteiger charge is -2.35. The first-order valence-electron chi connectivity index (χ1n) is 11.6.